The SMILES string of the molecule is CCCn1c(C#N)cc(N)c1Oc1ccccc1OC. The Bertz CT molecular complexity index is 641. The van der Waals surface area contributed by atoms with Crippen LogP contribution in [-0.2, 0) is 6.54 Å². The zero-order chi connectivity index (χ0) is 14.5. The highest BCUT2D eigenvalue weighted by atomic mass is 16.5. The van der Waals surface area contributed by atoms with Gasteiger partial charge in [-0.1, -0.05) is 19.1 Å². The van der Waals surface area contributed by atoms with Gasteiger partial charge in [-0.25, -0.2) is 0 Å². The van der Waals surface area contributed by atoms with Crippen LogP contribution in [0, 0.1) is 11.3 Å². The maximum atomic E-state index is 9.14. The summed E-state index contributed by atoms with van der Waals surface area (Å²) in [6.07, 6.45) is 0.880. The maximum Gasteiger partial charge on any atom is 0.224 e. The first-order valence-corrected chi connectivity index (χ1v) is 6.41. The van der Waals surface area contributed by atoms with Gasteiger partial charge in [0, 0.05) is 12.6 Å². The number of nitrogen functional groups attached to an aromatic ring is 1. The second-order valence-electron chi connectivity index (χ2n) is 4.31. The molecule has 2 N–H and O–H groups in total. The summed E-state index contributed by atoms with van der Waals surface area (Å²) in [7, 11) is 1.58. The Morgan fingerprint density at radius 3 is 2.60 bits per heavy atom. The maximum absolute atomic E-state index is 9.14. The fraction of sp³-hybridized carbons (Fsp3) is 0.267. The molecule has 2 rings (SSSR count). The summed E-state index contributed by atoms with van der Waals surface area (Å²) in [6, 6.07) is 11.1. The molecule has 0 aliphatic heterocycles. The molecule has 0 spiro atoms. The molecule has 2 aromatic rings. The van der Waals surface area contributed by atoms with Gasteiger partial charge in [-0.05, 0) is 18.6 Å². The second kappa shape index (κ2) is 6.02. The first-order chi connectivity index (χ1) is 9.71. The van der Waals surface area contributed by atoms with E-state index >= 15 is 0 Å². The topological polar surface area (TPSA) is 73.2 Å². The van der Waals surface area contributed by atoms with Crippen LogP contribution in [-0.4, -0.2) is 11.7 Å². The number of nitrogens with two attached hydrogens (primary N) is 1. The van der Waals surface area contributed by atoms with Crippen LogP contribution < -0.4 is 15.2 Å². The normalized spacial score (nSPS) is 10.1. The lowest BCUT2D eigenvalue weighted by Gasteiger charge is -2.13. The highest BCUT2D eigenvalue weighted by molar-refractivity contribution is 5.57. The van der Waals surface area contributed by atoms with Crippen molar-refractivity contribution in [2.75, 3.05) is 12.8 Å². The number of ether oxygens (including phenoxy) is 2. The van der Waals surface area contributed by atoms with Gasteiger partial charge >= 0.3 is 0 Å². The smallest absolute Gasteiger partial charge is 0.224 e. The van der Waals surface area contributed by atoms with Crippen molar-refractivity contribution in [3.63, 3.8) is 0 Å². The van der Waals surface area contributed by atoms with Gasteiger partial charge in [0.15, 0.2) is 11.5 Å². The first-order valence-electron chi connectivity index (χ1n) is 6.41. The molecule has 0 aliphatic carbocycles. The van der Waals surface area contributed by atoms with E-state index in [0.29, 0.717) is 35.3 Å². The highest BCUT2D eigenvalue weighted by Gasteiger charge is 2.16. The minimum absolute atomic E-state index is 0.445. The molecule has 0 saturated heterocycles. The van der Waals surface area contributed by atoms with Crippen molar-refractivity contribution in [1.82, 2.24) is 4.57 Å². The van der Waals surface area contributed by atoms with Gasteiger partial charge in [-0.15, -0.1) is 0 Å². The molecule has 1 heterocycles. The molecule has 0 amide bonds. The van der Waals surface area contributed by atoms with Crippen molar-refractivity contribution >= 4 is 5.69 Å². The molecule has 5 nitrogen and oxygen atoms in total. The molecule has 1 aromatic carbocycles. The van der Waals surface area contributed by atoms with Crippen LogP contribution >= 0.6 is 0 Å². The molecular weight excluding hydrogens is 254 g/mol. The molecular formula is C15H17N3O2. The number of aromatic nitrogens is 1. The fourth-order valence-corrected chi connectivity index (χ4v) is 2.01. The Labute approximate surface area is 118 Å². The van der Waals surface area contributed by atoms with Gasteiger partial charge in [-0.3, -0.25) is 0 Å². The van der Waals surface area contributed by atoms with Gasteiger partial charge in [-0.2, -0.15) is 5.26 Å². The summed E-state index contributed by atoms with van der Waals surface area (Å²) in [5, 5.41) is 9.14. The zero-order valence-electron chi connectivity index (χ0n) is 11.6. The number of nitriles is 1. The monoisotopic (exact) mass is 271 g/mol. The molecule has 0 bridgehead atoms. The lowest BCUT2D eigenvalue weighted by Crippen LogP contribution is -2.03. The van der Waals surface area contributed by atoms with E-state index in [1.54, 1.807) is 23.8 Å². The molecule has 0 atom stereocenters. The van der Waals surface area contributed by atoms with E-state index in [9.17, 15) is 0 Å². The fourth-order valence-electron chi connectivity index (χ4n) is 2.01. The Morgan fingerprint density at radius 2 is 2.00 bits per heavy atom. The lowest BCUT2D eigenvalue weighted by atomic mass is 10.3. The summed E-state index contributed by atoms with van der Waals surface area (Å²) in [5.74, 6) is 1.67. The average molecular weight is 271 g/mol. The summed E-state index contributed by atoms with van der Waals surface area (Å²) >= 11 is 0. The summed E-state index contributed by atoms with van der Waals surface area (Å²) in [4.78, 5) is 0. The van der Waals surface area contributed by atoms with Crippen LogP contribution in [0.5, 0.6) is 17.4 Å². The van der Waals surface area contributed by atoms with E-state index in [1.807, 2.05) is 25.1 Å². The predicted molar refractivity (Wildman–Crippen MR) is 76.9 cm³/mol. The first kappa shape index (κ1) is 13.8. The minimum Gasteiger partial charge on any atom is -0.493 e. The Morgan fingerprint density at radius 1 is 1.30 bits per heavy atom. The highest BCUT2D eigenvalue weighted by Crippen LogP contribution is 2.35. The number of hydrogen-bond acceptors (Lipinski definition) is 4. The third kappa shape index (κ3) is 2.54. The number of para-hydroxylation sites is 2. The van der Waals surface area contributed by atoms with Crippen LogP contribution in [0.3, 0.4) is 0 Å². The summed E-state index contributed by atoms with van der Waals surface area (Å²) in [5.41, 5.74) is 6.89. The molecule has 5 heteroatoms. The van der Waals surface area contributed by atoms with Gasteiger partial charge < -0.3 is 19.8 Å². The van der Waals surface area contributed by atoms with Crippen LogP contribution in [0.2, 0.25) is 0 Å². The molecule has 1 aromatic heterocycles. The third-order valence-corrected chi connectivity index (χ3v) is 2.91. The Kier molecular flexibility index (Phi) is 4.16. The van der Waals surface area contributed by atoms with Crippen molar-refractivity contribution in [3.05, 3.63) is 36.0 Å². The molecule has 0 unspecified atom stereocenters. The van der Waals surface area contributed by atoms with Crippen molar-refractivity contribution in [3.8, 4) is 23.4 Å². The molecule has 0 fully saturated rings. The van der Waals surface area contributed by atoms with Gasteiger partial charge in [0.25, 0.3) is 0 Å². The summed E-state index contributed by atoms with van der Waals surface area (Å²) < 4.78 is 12.9. The van der Waals surface area contributed by atoms with E-state index < -0.39 is 0 Å². The largest absolute Gasteiger partial charge is 0.493 e. The van der Waals surface area contributed by atoms with E-state index in [4.69, 9.17) is 20.5 Å². The molecule has 0 aliphatic rings. The van der Waals surface area contributed by atoms with Gasteiger partial charge in [0.05, 0.1) is 12.8 Å². The van der Waals surface area contributed by atoms with Crippen LogP contribution in [0.1, 0.15) is 19.0 Å². The van der Waals surface area contributed by atoms with E-state index in [0.717, 1.165) is 6.42 Å². The van der Waals surface area contributed by atoms with Crippen LogP contribution in [0.15, 0.2) is 30.3 Å². The second-order valence-corrected chi connectivity index (χ2v) is 4.31. The van der Waals surface area contributed by atoms with Crippen LogP contribution in [0.4, 0.5) is 5.69 Å². The number of hydrogen-bond donors (Lipinski definition) is 1. The van der Waals surface area contributed by atoms with Crippen LogP contribution in [0.25, 0.3) is 0 Å². The molecule has 0 radical (unpaired) electrons. The van der Waals surface area contributed by atoms with Crippen molar-refractivity contribution in [2.24, 2.45) is 0 Å². The Balaban J connectivity index is 2.43. The lowest BCUT2D eigenvalue weighted by molar-refractivity contribution is 0.365. The van der Waals surface area contributed by atoms with Gasteiger partial charge in [0.1, 0.15) is 11.8 Å². The zero-order valence-corrected chi connectivity index (χ0v) is 11.6. The summed E-state index contributed by atoms with van der Waals surface area (Å²) in [6.45, 7) is 2.70. The molecule has 0 saturated carbocycles. The van der Waals surface area contributed by atoms with E-state index in [2.05, 4.69) is 6.07 Å². The molecule has 104 valence electrons. The quantitative estimate of drug-likeness (QED) is 0.906. The third-order valence-electron chi connectivity index (χ3n) is 2.91. The number of nitrogens with zero attached hydrogens (tertiary/aromatic N) is 2. The van der Waals surface area contributed by atoms with E-state index in [1.165, 1.54) is 0 Å². The predicted octanol–water partition coefficient (Wildman–Crippen LogP) is 3.15. The number of rotatable bonds is 5. The number of methoxy groups -OCH3 is 1. The van der Waals surface area contributed by atoms with Crippen molar-refractivity contribution < 1.29 is 9.47 Å². The van der Waals surface area contributed by atoms with E-state index in [-0.39, 0.29) is 0 Å². The number of benzene rings is 1. The van der Waals surface area contributed by atoms with Gasteiger partial charge in [0.2, 0.25) is 5.88 Å². The van der Waals surface area contributed by atoms with Crippen molar-refractivity contribution in [1.29, 1.82) is 5.26 Å². The number of anilines is 1. The average Bonchev–Trinajstić information content (AvgIpc) is 2.76. The molecule has 20 heavy (non-hydrogen) atoms. The Hall–Kier alpha value is -2.61. The van der Waals surface area contributed by atoms with Crippen molar-refractivity contribution in [2.45, 2.75) is 19.9 Å². The minimum atomic E-state index is 0.445. The standard InChI is InChI=1S/C15H17N3O2/c1-3-8-18-11(10-16)9-12(17)15(18)20-14-7-5-4-6-13(14)19-2/h4-7,9H,3,8,17H2,1-2H3.